The number of thiazole rings is 1. The van der Waals surface area contributed by atoms with Crippen molar-refractivity contribution in [1.29, 1.82) is 0 Å². The summed E-state index contributed by atoms with van der Waals surface area (Å²) in [4.78, 5) is 7.59. The van der Waals surface area contributed by atoms with Crippen LogP contribution in [0.2, 0.25) is 0 Å². The monoisotopic (exact) mass is 430 g/mol. The molecule has 2 aromatic carbocycles. The molecule has 0 radical (unpaired) electrons. The number of hydrogen-bond acceptors (Lipinski definition) is 4. The Labute approximate surface area is 190 Å². The van der Waals surface area contributed by atoms with Crippen molar-refractivity contribution in [1.82, 2.24) is 9.88 Å². The van der Waals surface area contributed by atoms with Gasteiger partial charge in [-0.25, -0.2) is 0 Å². The number of ether oxygens (including phenoxy) is 1. The molecule has 0 aliphatic heterocycles. The lowest BCUT2D eigenvalue weighted by Gasteiger charge is -2.15. The first-order chi connectivity index (χ1) is 14.9. The van der Waals surface area contributed by atoms with E-state index < -0.39 is 0 Å². The first-order valence-corrected chi connectivity index (χ1v) is 11.3. The lowest BCUT2D eigenvalue weighted by Crippen LogP contribution is -2.17. The molecule has 0 aliphatic carbocycles. The summed E-state index contributed by atoms with van der Waals surface area (Å²) < 4.78 is 6.07. The van der Waals surface area contributed by atoms with Crippen LogP contribution < -0.4 is 4.74 Å². The average Bonchev–Trinajstić information content (AvgIpc) is 3.27. The molecule has 3 aromatic rings. The molecule has 31 heavy (non-hydrogen) atoms. The van der Waals surface area contributed by atoms with Crippen molar-refractivity contribution in [2.45, 2.75) is 33.9 Å². The number of rotatable bonds is 8. The van der Waals surface area contributed by atoms with E-state index >= 15 is 0 Å². The van der Waals surface area contributed by atoms with Crippen molar-refractivity contribution in [3.8, 4) is 28.0 Å². The van der Waals surface area contributed by atoms with Gasteiger partial charge in [0.25, 0.3) is 0 Å². The fourth-order valence-electron chi connectivity index (χ4n) is 3.00. The third kappa shape index (κ3) is 8.05. The molecule has 0 amide bonds. The van der Waals surface area contributed by atoms with Crippen LogP contribution in [0.4, 0.5) is 0 Å². The van der Waals surface area contributed by atoms with Crippen LogP contribution in [0.15, 0.2) is 72.4 Å². The van der Waals surface area contributed by atoms with E-state index in [0.29, 0.717) is 6.61 Å². The highest BCUT2D eigenvalue weighted by atomic mass is 32.1. The van der Waals surface area contributed by atoms with E-state index in [2.05, 4.69) is 98.1 Å². The number of allylic oxidation sites excluding steroid dienone is 1. The second-order valence-electron chi connectivity index (χ2n) is 8.62. The van der Waals surface area contributed by atoms with Gasteiger partial charge >= 0.3 is 0 Å². The normalized spacial score (nSPS) is 11.5. The van der Waals surface area contributed by atoms with Crippen LogP contribution in [0.3, 0.4) is 0 Å². The third-order valence-electron chi connectivity index (χ3n) is 4.47. The van der Waals surface area contributed by atoms with Gasteiger partial charge in [0.05, 0.1) is 10.4 Å². The number of nitrogens with zero attached hydrogens (tertiary/aromatic N) is 2. The van der Waals surface area contributed by atoms with E-state index in [9.17, 15) is 0 Å². The maximum atomic E-state index is 6.07. The lowest BCUT2D eigenvalue weighted by atomic mass is 9.98. The van der Waals surface area contributed by atoms with E-state index in [1.54, 1.807) is 11.3 Å². The molecule has 0 atom stereocenters. The van der Waals surface area contributed by atoms with Gasteiger partial charge in [0, 0.05) is 24.7 Å². The van der Waals surface area contributed by atoms with Gasteiger partial charge in [-0.05, 0) is 68.8 Å². The van der Waals surface area contributed by atoms with E-state index in [-0.39, 0.29) is 5.41 Å². The molecule has 3 nitrogen and oxygen atoms in total. The molecule has 0 bridgehead atoms. The number of benzene rings is 2. The topological polar surface area (TPSA) is 25.4 Å². The summed E-state index contributed by atoms with van der Waals surface area (Å²) in [7, 11) is 2.11. The molecule has 0 aliphatic rings. The van der Waals surface area contributed by atoms with Gasteiger partial charge in [0.15, 0.2) is 0 Å². The zero-order valence-electron chi connectivity index (χ0n) is 18.8. The van der Waals surface area contributed by atoms with E-state index in [0.717, 1.165) is 24.4 Å². The van der Waals surface area contributed by atoms with Gasteiger partial charge in [-0.15, -0.1) is 11.3 Å². The van der Waals surface area contributed by atoms with Crippen molar-refractivity contribution in [2.24, 2.45) is 5.41 Å². The van der Waals surface area contributed by atoms with Gasteiger partial charge in [0.2, 0.25) is 0 Å². The van der Waals surface area contributed by atoms with Crippen LogP contribution in [0.1, 0.15) is 31.9 Å². The zero-order chi connectivity index (χ0) is 22.1. The van der Waals surface area contributed by atoms with Gasteiger partial charge in [0.1, 0.15) is 12.4 Å². The Kier molecular flexibility index (Phi) is 8.06. The van der Waals surface area contributed by atoms with Gasteiger partial charge in [-0.1, -0.05) is 48.2 Å². The van der Waals surface area contributed by atoms with Crippen LogP contribution >= 0.6 is 11.3 Å². The molecule has 0 unspecified atom stereocenters. The van der Waals surface area contributed by atoms with Crippen molar-refractivity contribution in [2.75, 3.05) is 13.6 Å². The molecule has 0 spiro atoms. The standard InChI is InChI=1S/C27H30N2OS/c1-27(2,3)14-6-5-7-15-29(4)19-22-10-9-13-25(17-22)30-20-23-11-8-12-24(16-23)26-18-28-21-31-26/h5,7-13,16-18,21H,15,19-20H2,1-4H3/b7-5+. The summed E-state index contributed by atoms with van der Waals surface area (Å²) >= 11 is 1.65. The molecule has 1 heterocycles. The second kappa shape index (κ2) is 10.9. The maximum absolute atomic E-state index is 6.07. The van der Waals surface area contributed by atoms with Gasteiger partial charge in [-0.3, -0.25) is 9.88 Å². The van der Waals surface area contributed by atoms with Crippen molar-refractivity contribution >= 4 is 11.3 Å². The van der Waals surface area contributed by atoms with E-state index in [4.69, 9.17) is 4.74 Å². The minimum atomic E-state index is 0.0408. The summed E-state index contributed by atoms with van der Waals surface area (Å²) in [5, 5.41) is 0. The number of likely N-dealkylation sites (N-methyl/N-ethyl adjacent to an activating group) is 1. The highest BCUT2D eigenvalue weighted by Crippen LogP contribution is 2.24. The highest BCUT2D eigenvalue weighted by molar-refractivity contribution is 7.13. The summed E-state index contributed by atoms with van der Waals surface area (Å²) in [6, 6.07) is 16.8. The molecule has 0 saturated carbocycles. The summed E-state index contributed by atoms with van der Waals surface area (Å²) in [6.45, 7) is 8.61. The fourth-order valence-corrected chi connectivity index (χ4v) is 3.62. The van der Waals surface area contributed by atoms with E-state index in [1.165, 1.54) is 16.0 Å². The fraction of sp³-hybridized carbons (Fsp3) is 0.296. The molecule has 0 saturated heterocycles. The largest absolute Gasteiger partial charge is 0.489 e. The Morgan fingerprint density at radius 1 is 1.10 bits per heavy atom. The molecule has 0 N–H and O–H groups in total. The molecule has 1 aromatic heterocycles. The zero-order valence-corrected chi connectivity index (χ0v) is 19.6. The second-order valence-corrected chi connectivity index (χ2v) is 9.51. The Morgan fingerprint density at radius 3 is 2.68 bits per heavy atom. The molecule has 3 rings (SSSR count). The van der Waals surface area contributed by atoms with Crippen LogP contribution in [0.5, 0.6) is 5.75 Å². The minimum absolute atomic E-state index is 0.0408. The highest BCUT2D eigenvalue weighted by Gasteiger charge is 2.04. The number of aromatic nitrogens is 1. The Balaban J connectivity index is 1.53. The van der Waals surface area contributed by atoms with Crippen LogP contribution in [-0.4, -0.2) is 23.5 Å². The quantitative estimate of drug-likeness (QED) is 0.385. The summed E-state index contributed by atoms with van der Waals surface area (Å²) in [5.74, 6) is 7.23. The van der Waals surface area contributed by atoms with Crippen LogP contribution in [-0.2, 0) is 13.2 Å². The first kappa shape index (κ1) is 22.8. The lowest BCUT2D eigenvalue weighted by molar-refractivity contribution is 0.304. The summed E-state index contributed by atoms with van der Waals surface area (Å²) in [6.07, 6.45) is 5.95. The number of hydrogen-bond donors (Lipinski definition) is 0. The predicted molar refractivity (Wildman–Crippen MR) is 131 cm³/mol. The van der Waals surface area contributed by atoms with Crippen LogP contribution in [0, 0.1) is 17.3 Å². The van der Waals surface area contributed by atoms with Gasteiger partial charge in [-0.2, -0.15) is 0 Å². The maximum Gasteiger partial charge on any atom is 0.120 e. The third-order valence-corrected chi connectivity index (χ3v) is 5.29. The van der Waals surface area contributed by atoms with E-state index in [1.807, 2.05) is 23.8 Å². The van der Waals surface area contributed by atoms with Crippen molar-refractivity contribution in [3.05, 3.63) is 83.5 Å². The molecule has 160 valence electrons. The Morgan fingerprint density at radius 2 is 1.90 bits per heavy atom. The molecule has 0 fully saturated rings. The Bertz CT molecular complexity index is 1050. The molecular formula is C27H30N2OS. The smallest absolute Gasteiger partial charge is 0.120 e. The van der Waals surface area contributed by atoms with Gasteiger partial charge < -0.3 is 4.74 Å². The minimum Gasteiger partial charge on any atom is -0.489 e. The summed E-state index contributed by atoms with van der Waals surface area (Å²) in [5.41, 5.74) is 5.46. The Hall–Kier alpha value is -2.87. The molecule has 4 heteroatoms. The molecular weight excluding hydrogens is 400 g/mol. The van der Waals surface area contributed by atoms with Crippen LogP contribution in [0.25, 0.3) is 10.4 Å². The average molecular weight is 431 g/mol. The SMILES string of the molecule is CN(C/C=C/C#CC(C)(C)C)Cc1cccc(OCc2cccc(-c3cncs3)c2)c1. The van der Waals surface area contributed by atoms with Crippen molar-refractivity contribution < 1.29 is 4.74 Å². The van der Waals surface area contributed by atoms with Crippen molar-refractivity contribution in [3.63, 3.8) is 0 Å². The first-order valence-electron chi connectivity index (χ1n) is 10.4. The predicted octanol–water partition coefficient (Wildman–Crippen LogP) is 6.43.